The average Bonchev–Trinajstić information content (AvgIpc) is 2.49. The number of nitrogens with zero attached hydrogens (tertiary/aromatic N) is 2. The molecule has 3 nitrogen and oxygen atoms in total. The molecule has 0 aliphatic carbocycles. The van der Waals surface area contributed by atoms with Gasteiger partial charge < -0.3 is 10.6 Å². The Kier molecular flexibility index (Phi) is 10.2. The van der Waals surface area contributed by atoms with Crippen LogP contribution in [0.3, 0.4) is 0 Å². The lowest BCUT2D eigenvalue weighted by atomic mass is 10.1. The quantitative estimate of drug-likeness (QED) is 0.468. The van der Waals surface area contributed by atoms with Gasteiger partial charge in [-0.3, -0.25) is 4.90 Å². The van der Waals surface area contributed by atoms with Crippen LogP contribution >= 0.6 is 12.2 Å². The van der Waals surface area contributed by atoms with E-state index in [9.17, 15) is 0 Å². The van der Waals surface area contributed by atoms with Crippen molar-refractivity contribution in [3.63, 3.8) is 0 Å². The van der Waals surface area contributed by atoms with E-state index in [0.29, 0.717) is 4.99 Å². The third-order valence-electron chi connectivity index (χ3n) is 4.69. The molecule has 1 rings (SSSR count). The van der Waals surface area contributed by atoms with Gasteiger partial charge in [0.1, 0.15) is 0 Å². The summed E-state index contributed by atoms with van der Waals surface area (Å²) in [4.78, 5) is 5.64. The number of nitrogens with two attached hydrogens (primary N) is 1. The van der Waals surface area contributed by atoms with Gasteiger partial charge in [0, 0.05) is 26.2 Å². The van der Waals surface area contributed by atoms with E-state index in [1.165, 1.54) is 71.0 Å². The van der Waals surface area contributed by atoms with E-state index in [-0.39, 0.29) is 6.04 Å². The first-order chi connectivity index (χ1) is 10.1. The van der Waals surface area contributed by atoms with Crippen molar-refractivity contribution in [3.8, 4) is 0 Å². The van der Waals surface area contributed by atoms with Gasteiger partial charge in [-0.05, 0) is 19.9 Å². The Hall–Kier alpha value is -0.190. The van der Waals surface area contributed by atoms with Crippen LogP contribution in [0, 0.1) is 0 Å². The standard InChI is InChI=1S/C17H35N3S/c1-3-4-5-6-7-8-9-10-11-19-12-14-20(15-13-19)16(2)17(18)21/h16H,3-15H2,1-2H3,(H2,18,21). The lowest BCUT2D eigenvalue weighted by Gasteiger charge is -2.37. The van der Waals surface area contributed by atoms with E-state index < -0.39 is 0 Å². The van der Waals surface area contributed by atoms with Gasteiger partial charge in [0.25, 0.3) is 0 Å². The van der Waals surface area contributed by atoms with Gasteiger partial charge in [-0.15, -0.1) is 0 Å². The molecule has 0 amide bonds. The highest BCUT2D eigenvalue weighted by Gasteiger charge is 2.21. The smallest absolute Gasteiger partial charge is 0.0899 e. The highest BCUT2D eigenvalue weighted by molar-refractivity contribution is 7.80. The van der Waals surface area contributed by atoms with E-state index in [1.807, 2.05) is 0 Å². The topological polar surface area (TPSA) is 32.5 Å². The second-order valence-electron chi connectivity index (χ2n) is 6.43. The van der Waals surface area contributed by atoms with E-state index in [0.717, 1.165) is 13.1 Å². The fraction of sp³-hybridized carbons (Fsp3) is 0.941. The third kappa shape index (κ3) is 8.12. The van der Waals surface area contributed by atoms with E-state index in [2.05, 4.69) is 23.6 Å². The van der Waals surface area contributed by atoms with Gasteiger partial charge in [0.05, 0.1) is 11.0 Å². The summed E-state index contributed by atoms with van der Waals surface area (Å²) in [5.41, 5.74) is 5.73. The van der Waals surface area contributed by atoms with Gasteiger partial charge in [0.2, 0.25) is 0 Å². The molecule has 0 saturated carbocycles. The van der Waals surface area contributed by atoms with Crippen LogP contribution in [0.2, 0.25) is 0 Å². The van der Waals surface area contributed by atoms with Crippen LogP contribution in [0.1, 0.15) is 65.2 Å². The third-order valence-corrected chi connectivity index (χ3v) is 5.04. The summed E-state index contributed by atoms with van der Waals surface area (Å²) in [5.74, 6) is 0. The summed E-state index contributed by atoms with van der Waals surface area (Å²) in [7, 11) is 0. The first-order valence-electron chi connectivity index (χ1n) is 8.91. The van der Waals surface area contributed by atoms with Crippen LogP contribution in [-0.4, -0.2) is 53.6 Å². The Bertz CT molecular complexity index is 275. The van der Waals surface area contributed by atoms with Gasteiger partial charge >= 0.3 is 0 Å². The molecule has 0 spiro atoms. The maximum Gasteiger partial charge on any atom is 0.0899 e. The number of unbranched alkanes of at least 4 members (excludes halogenated alkanes) is 7. The molecule has 1 unspecified atom stereocenters. The molecule has 2 N–H and O–H groups in total. The van der Waals surface area contributed by atoms with E-state index in [1.54, 1.807) is 0 Å². The summed E-state index contributed by atoms with van der Waals surface area (Å²) < 4.78 is 0. The van der Waals surface area contributed by atoms with Crippen LogP contribution in [0.4, 0.5) is 0 Å². The largest absolute Gasteiger partial charge is 0.392 e. The Morgan fingerprint density at radius 1 is 0.952 bits per heavy atom. The summed E-state index contributed by atoms with van der Waals surface area (Å²) in [6, 6.07) is 0.255. The Morgan fingerprint density at radius 3 is 2.00 bits per heavy atom. The molecule has 0 aromatic carbocycles. The van der Waals surface area contributed by atoms with Crippen molar-refractivity contribution in [2.45, 2.75) is 71.3 Å². The van der Waals surface area contributed by atoms with Crippen molar-refractivity contribution < 1.29 is 0 Å². The lowest BCUT2D eigenvalue weighted by Crippen LogP contribution is -2.52. The second kappa shape index (κ2) is 11.4. The molecule has 0 bridgehead atoms. The molecular weight excluding hydrogens is 278 g/mol. The predicted molar refractivity (Wildman–Crippen MR) is 96.9 cm³/mol. The van der Waals surface area contributed by atoms with Crippen LogP contribution < -0.4 is 5.73 Å². The van der Waals surface area contributed by atoms with Crippen LogP contribution in [0.15, 0.2) is 0 Å². The van der Waals surface area contributed by atoms with Gasteiger partial charge in [-0.2, -0.15) is 0 Å². The van der Waals surface area contributed by atoms with Crippen LogP contribution in [0.5, 0.6) is 0 Å². The summed E-state index contributed by atoms with van der Waals surface area (Å²) in [6.45, 7) is 10.2. The SMILES string of the molecule is CCCCCCCCCCN1CCN(C(C)C(N)=S)CC1. The molecule has 1 aliphatic rings. The molecule has 1 atom stereocenters. The molecule has 124 valence electrons. The molecule has 4 heteroatoms. The summed E-state index contributed by atoms with van der Waals surface area (Å²) in [6.07, 6.45) is 11.2. The molecule has 1 saturated heterocycles. The van der Waals surface area contributed by atoms with Gasteiger partial charge in [0.15, 0.2) is 0 Å². The minimum atomic E-state index is 0.255. The molecule has 0 aromatic heterocycles. The maximum atomic E-state index is 5.73. The predicted octanol–water partition coefficient (Wildman–Crippen LogP) is 3.42. The fourth-order valence-electron chi connectivity index (χ4n) is 3.02. The lowest BCUT2D eigenvalue weighted by molar-refractivity contribution is 0.121. The summed E-state index contributed by atoms with van der Waals surface area (Å²) in [5, 5.41) is 0. The zero-order valence-corrected chi connectivity index (χ0v) is 15.0. The number of thiocarbonyl (C=S) groups is 1. The van der Waals surface area contributed by atoms with Gasteiger partial charge in [-0.1, -0.05) is 64.1 Å². The second-order valence-corrected chi connectivity index (χ2v) is 6.90. The van der Waals surface area contributed by atoms with Crippen LogP contribution in [0.25, 0.3) is 0 Å². The zero-order chi connectivity index (χ0) is 15.5. The molecule has 1 aliphatic heterocycles. The number of rotatable bonds is 11. The Labute approximate surface area is 137 Å². The molecule has 0 radical (unpaired) electrons. The minimum Gasteiger partial charge on any atom is -0.392 e. The molecule has 21 heavy (non-hydrogen) atoms. The van der Waals surface area contributed by atoms with Crippen LogP contribution in [-0.2, 0) is 0 Å². The summed E-state index contributed by atoms with van der Waals surface area (Å²) >= 11 is 5.09. The maximum absolute atomic E-state index is 5.73. The number of hydrogen-bond acceptors (Lipinski definition) is 3. The Balaban J connectivity index is 1.97. The van der Waals surface area contributed by atoms with Crippen molar-refractivity contribution in [2.24, 2.45) is 5.73 Å². The molecule has 1 heterocycles. The van der Waals surface area contributed by atoms with Crippen molar-refractivity contribution in [2.75, 3.05) is 32.7 Å². The normalized spacial score (nSPS) is 18.8. The van der Waals surface area contributed by atoms with Crippen molar-refractivity contribution in [1.29, 1.82) is 0 Å². The van der Waals surface area contributed by atoms with E-state index >= 15 is 0 Å². The monoisotopic (exact) mass is 313 g/mol. The average molecular weight is 314 g/mol. The van der Waals surface area contributed by atoms with Gasteiger partial charge in [-0.25, -0.2) is 0 Å². The molecule has 0 aromatic rings. The van der Waals surface area contributed by atoms with Crippen molar-refractivity contribution in [1.82, 2.24) is 9.80 Å². The van der Waals surface area contributed by atoms with Crippen molar-refractivity contribution in [3.05, 3.63) is 0 Å². The van der Waals surface area contributed by atoms with E-state index in [4.69, 9.17) is 18.0 Å². The number of piperazine rings is 1. The molecule has 1 fully saturated rings. The van der Waals surface area contributed by atoms with Crippen molar-refractivity contribution >= 4 is 17.2 Å². The first-order valence-corrected chi connectivity index (χ1v) is 9.31. The highest BCUT2D eigenvalue weighted by atomic mass is 32.1. The first kappa shape index (κ1) is 18.9. The Morgan fingerprint density at radius 2 is 1.48 bits per heavy atom. The number of hydrogen-bond donors (Lipinski definition) is 1. The molecular formula is C17H35N3S. The zero-order valence-electron chi connectivity index (χ0n) is 14.1. The minimum absolute atomic E-state index is 0.255. The fourth-order valence-corrected chi connectivity index (χ4v) is 3.17. The highest BCUT2D eigenvalue weighted by Crippen LogP contribution is 2.11.